The van der Waals surface area contributed by atoms with Crippen LogP contribution >= 0.6 is 22.9 Å². The van der Waals surface area contributed by atoms with Gasteiger partial charge in [-0.2, -0.15) is 5.26 Å². The van der Waals surface area contributed by atoms with E-state index < -0.39 is 0 Å². The van der Waals surface area contributed by atoms with Gasteiger partial charge in [-0.25, -0.2) is 9.67 Å². The summed E-state index contributed by atoms with van der Waals surface area (Å²) in [6.45, 7) is 0. The number of hydrogen-bond donors (Lipinski definition) is 0. The van der Waals surface area contributed by atoms with E-state index in [2.05, 4.69) is 26.6 Å². The third kappa shape index (κ3) is 4.07. The van der Waals surface area contributed by atoms with Crippen LogP contribution in [0.4, 0.5) is 0 Å². The molecule has 5 aromatic rings. The molecule has 0 unspecified atom stereocenters. The smallest absolute Gasteiger partial charge is 0.143 e. The van der Waals surface area contributed by atoms with Gasteiger partial charge in [-0.05, 0) is 59.0 Å². The molecule has 0 aliphatic heterocycles. The summed E-state index contributed by atoms with van der Waals surface area (Å²) in [5, 5.41) is 24.0. The van der Waals surface area contributed by atoms with Gasteiger partial charge in [-0.1, -0.05) is 23.7 Å². The summed E-state index contributed by atoms with van der Waals surface area (Å²) in [6.07, 6.45) is 3.23. The second-order valence-electron chi connectivity index (χ2n) is 6.72. The number of furan rings is 1. The van der Waals surface area contributed by atoms with E-state index in [-0.39, 0.29) is 0 Å². The molecule has 2 aromatic carbocycles. The molecule has 9 heteroatoms. The van der Waals surface area contributed by atoms with Crippen molar-refractivity contribution in [2.75, 3.05) is 0 Å². The number of tetrazole rings is 1. The van der Waals surface area contributed by atoms with E-state index in [4.69, 9.17) is 16.0 Å². The van der Waals surface area contributed by atoms with Gasteiger partial charge in [0.05, 0.1) is 17.0 Å². The van der Waals surface area contributed by atoms with Crippen molar-refractivity contribution >= 4 is 34.6 Å². The largest absolute Gasteiger partial charge is 0.457 e. The Hall–Kier alpha value is -4.06. The van der Waals surface area contributed by atoms with Crippen molar-refractivity contribution in [3.05, 3.63) is 88.2 Å². The predicted octanol–water partition coefficient (Wildman–Crippen LogP) is 5.76. The fraction of sp³-hybridized carbons (Fsp3) is 0. The summed E-state index contributed by atoms with van der Waals surface area (Å²) >= 11 is 7.36. The van der Waals surface area contributed by atoms with Crippen LogP contribution < -0.4 is 0 Å². The highest BCUT2D eigenvalue weighted by Gasteiger charge is 2.11. The summed E-state index contributed by atoms with van der Waals surface area (Å²) in [4.78, 5) is 4.60. The predicted molar refractivity (Wildman–Crippen MR) is 123 cm³/mol. The lowest BCUT2D eigenvalue weighted by Crippen LogP contribution is -1.94. The van der Waals surface area contributed by atoms with E-state index in [1.54, 1.807) is 10.8 Å². The quantitative estimate of drug-likeness (QED) is 0.312. The maximum absolute atomic E-state index is 9.67. The summed E-state index contributed by atoms with van der Waals surface area (Å²) in [7, 11) is 0. The molecule has 154 valence electrons. The summed E-state index contributed by atoms with van der Waals surface area (Å²) < 4.78 is 7.52. The standard InChI is InChI=1S/C23H13ClN6OS/c24-18-5-1-15(2-6-18)21-13-32-23(27-21)17(12-25)11-20-9-10-22(31-20)16-3-7-19(8-4-16)30-14-26-28-29-30/h1-11,13-14H/b17-11-. The van der Waals surface area contributed by atoms with Gasteiger partial charge in [-0.15, -0.1) is 16.4 Å². The number of benzene rings is 2. The number of rotatable bonds is 5. The van der Waals surface area contributed by atoms with Crippen molar-refractivity contribution in [2.24, 2.45) is 0 Å². The third-order valence-electron chi connectivity index (χ3n) is 4.67. The molecule has 0 N–H and O–H groups in total. The molecule has 3 heterocycles. The minimum atomic E-state index is 0.435. The Morgan fingerprint density at radius 3 is 2.53 bits per heavy atom. The van der Waals surface area contributed by atoms with E-state index in [0.717, 1.165) is 22.5 Å². The average molecular weight is 457 g/mol. The molecule has 0 fully saturated rings. The Morgan fingerprint density at radius 1 is 1.03 bits per heavy atom. The minimum absolute atomic E-state index is 0.435. The Bertz CT molecular complexity index is 1430. The maximum atomic E-state index is 9.67. The topological polar surface area (TPSA) is 93.4 Å². The van der Waals surface area contributed by atoms with Gasteiger partial charge >= 0.3 is 0 Å². The number of nitriles is 1. The number of aromatic nitrogens is 5. The molecule has 7 nitrogen and oxygen atoms in total. The minimum Gasteiger partial charge on any atom is -0.457 e. The monoisotopic (exact) mass is 456 g/mol. The number of thiazole rings is 1. The van der Waals surface area contributed by atoms with E-state index >= 15 is 0 Å². The van der Waals surface area contributed by atoms with E-state index in [9.17, 15) is 5.26 Å². The summed E-state index contributed by atoms with van der Waals surface area (Å²) in [5.41, 5.74) is 3.92. The maximum Gasteiger partial charge on any atom is 0.143 e. The average Bonchev–Trinajstić information content (AvgIpc) is 3.60. The van der Waals surface area contributed by atoms with Crippen molar-refractivity contribution in [3.63, 3.8) is 0 Å². The van der Waals surface area contributed by atoms with Crippen molar-refractivity contribution in [3.8, 4) is 34.3 Å². The van der Waals surface area contributed by atoms with Gasteiger partial charge in [0.15, 0.2) is 0 Å². The van der Waals surface area contributed by atoms with Crippen molar-refractivity contribution in [2.45, 2.75) is 0 Å². The van der Waals surface area contributed by atoms with E-state index in [0.29, 0.717) is 27.1 Å². The second-order valence-corrected chi connectivity index (χ2v) is 8.01. The van der Waals surface area contributed by atoms with Crippen LogP contribution in [-0.2, 0) is 0 Å². The molecular weight excluding hydrogens is 444 g/mol. The third-order valence-corrected chi connectivity index (χ3v) is 5.80. The van der Waals surface area contributed by atoms with Crippen LogP contribution in [0.1, 0.15) is 10.8 Å². The lowest BCUT2D eigenvalue weighted by Gasteiger charge is -2.01. The molecule has 0 spiro atoms. The summed E-state index contributed by atoms with van der Waals surface area (Å²) in [6, 6.07) is 21.0. The Morgan fingerprint density at radius 2 is 1.81 bits per heavy atom. The molecule has 0 saturated carbocycles. The van der Waals surface area contributed by atoms with Crippen LogP contribution in [0.3, 0.4) is 0 Å². The van der Waals surface area contributed by atoms with Gasteiger partial charge in [0, 0.05) is 27.6 Å². The fourth-order valence-corrected chi connectivity index (χ4v) is 4.00. The van der Waals surface area contributed by atoms with Gasteiger partial charge in [0.25, 0.3) is 0 Å². The molecule has 32 heavy (non-hydrogen) atoms. The number of allylic oxidation sites excluding steroid dienone is 1. The van der Waals surface area contributed by atoms with Crippen LogP contribution in [-0.4, -0.2) is 25.2 Å². The zero-order valence-electron chi connectivity index (χ0n) is 16.4. The molecule has 0 amide bonds. The lowest BCUT2D eigenvalue weighted by molar-refractivity contribution is 0.572. The molecule has 0 aliphatic rings. The number of hydrogen-bond acceptors (Lipinski definition) is 7. The Kier molecular flexibility index (Phi) is 5.34. The molecule has 0 bridgehead atoms. The lowest BCUT2D eigenvalue weighted by atomic mass is 10.1. The Balaban J connectivity index is 1.38. The molecule has 0 atom stereocenters. The molecule has 0 radical (unpaired) electrons. The van der Waals surface area contributed by atoms with Gasteiger partial charge in [0.1, 0.15) is 28.9 Å². The number of nitrogens with zero attached hydrogens (tertiary/aromatic N) is 6. The normalized spacial score (nSPS) is 11.4. The first-order chi connectivity index (χ1) is 15.7. The highest BCUT2D eigenvalue weighted by Crippen LogP contribution is 2.29. The van der Waals surface area contributed by atoms with Crippen LogP contribution in [0.15, 0.2) is 76.8 Å². The van der Waals surface area contributed by atoms with Crippen molar-refractivity contribution in [1.82, 2.24) is 25.2 Å². The molecule has 3 aromatic heterocycles. The molecule has 0 aliphatic carbocycles. The fourth-order valence-electron chi connectivity index (χ4n) is 3.08. The SMILES string of the molecule is N#C/C(=C/c1ccc(-c2ccc(-n3cnnn3)cc2)o1)c1nc(-c2ccc(Cl)cc2)cs1. The molecule has 5 rings (SSSR count). The first kappa shape index (κ1) is 19.9. The highest BCUT2D eigenvalue weighted by molar-refractivity contribution is 7.11. The number of halogens is 1. The Labute approximate surface area is 191 Å². The zero-order chi connectivity index (χ0) is 21.9. The summed E-state index contributed by atoms with van der Waals surface area (Å²) in [5.74, 6) is 1.27. The first-order valence-corrected chi connectivity index (χ1v) is 10.7. The van der Waals surface area contributed by atoms with Crippen LogP contribution in [0.25, 0.3) is 39.9 Å². The van der Waals surface area contributed by atoms with Crippen LogP contribution in [0.5, 0.6) is 0 Å². The van der Waals surface area contributed by atoms with Crippen molar-refractivity contribution in [1.29, 1.82) is 5.26 Å². The van der Waals surface area contributed by atoms with Crippen LogP contribution in [0, 0.1) is 11.3 Å². The first-order valence-electron chi connectivity index (χ1n) is 9.47. The van der Waals surface area contributed by atoms with E-state index in [1.807, 2.05) is 66.0 Å². The zero-order valence-corrected chi connectivity index (χ0v) is 18.0. The van der Waals surface area contributed by atoms with Gasteiger partial charge < -0.3 is 4.42 Å². The molecular formula is C23H13ClN6OS. The van der Waals surface area contributed by atoms with Gasteiger partial charge in [0.2, 0.25) is 0 Å². The van der Waals surface area contributed by atoms with Crippen LogP contribution in [0.2, 0.25) is 5.02 Å². The van der Waals surface area contributed by atoms with E-state index in [1.165, 1.54) is 17.7 Å². The second kappa shape index (κ2) is 8.59. The highest BCUT2D eigenvalue weighted by atomic mass is 35.5. The molecule has 0 saturated heterocycles. The van der Waals surface area contributed by atoms with Crippen molar-refractivity contribution < 1.29 is 4.42 Å². The van der Waals surface area contributed by atoms with Gasteiger partial charge in [-0.3, -0.25) is 0 Å².